The maximum Gasteiger partial charge on any atom is 0.282 e. The molecule has 1 aromatic carbocycles. The molecule has 3 aromatic heterocycles. The number of carbonyl (C=O) groups excluding carboxylic acids is 1. The third kappa shape index (κ3) is 5.21. The average molecular weight is 612 g/mol. The molecule has 0 radical (unpaired) electrons. The highest BCUT2D eigenvalue weighted by Crippen LogP contribution is 2.38. The summed E-state index contributed by atoms with van der Waals surface area (Å²) in [6.45, 7) is 4.67. The monoisotopic (exact) mass is 611 g/mol. The van der Waals surface area contributed by atoms with E-state index in [-0.39, 0.29) is 18.5 Å². The molecular formula is C28H31F2N9OS2. The van der Waals surface area contributed by atoms with E-state index in [4.69, 9.17) is 15.1 Å². The molecule has 0 spiro atoms. The number of aromatic nitrogens is 4. The van der Waals surface area contributed by atoms with Crippen LogP contribution < -0.4 is 9.80 Å². The molecule has 6 rings (SSSR count). The molecule has 1 atom stereocenters. The number of hydrogen-bond acceptors (Lipinski definition) is 10. The number of halogens is 2. The summed E-state index contributed by atoms with van der Waals surface area (Å²) in [6, 6.07) is 10.4. The summed E-state index contributed by atoms with van der Waals surface area (Å²) < 4.78 is 28.2. The molecule has 2 aliphatic rings. The number of anilines is 3. The van der Waals surface area contributed by atoms with E-state index < -0.39 is 19.0 Å². The van der Waals surface area contributed by atoms with Crippen LogP contribution in [-0.4, -0.2) is 94.1 Å². The van der Waals surface area contributed by atoms with Gasteiger partial charge < -0.3 is 14.7 Å². The van der Waals surface area contributed by atoms with Crippen LogP contribution in [0.1, 0.15) is 29.5 Å². The lowest BCUT2D eigenvalue weighted by molar-refractivity contribution is -0.166. The number of benzene rings is 1. The molecule has 2 saturated heterocycles. The molecule has 42 heavy (non-hydrogen) atoms. The molecule has 1 amide bonds. The van der Waals surface area contributed by atoms with Crippen LogP contribution >= 0.6 is 22.7 Å². The first kappa shape index (κ1) is 28.4. The van der Waals surface area contributed by atoms with Gasteiger partial charge in [0.25, 0.3) is 5.92 Å². The molecule has 0 aliphatic carbocycles. The standard InChI is InChI=1S/C28H31F2N9OS2/c1-5-20-24(36(4)25-33-23(21(12-31)41-25)18-8-6-17(2)7-9-18)39-26(32-20)42-27(34-39)37-11-10-19(13-37)35(3)14-22(40)38-15-28(29,30)16-38/h6-9,19H,5,10-11,13-16H2,1-4H3. The van der Waals surface area contributed by atoms with Gasteiger partial charge in [-0.1, -0.05) is 59.4 Å². The van der Waals surface area contributed by atoms with Gasteiger partial charge in [0.05, 0.1) is 25.3 Å². The number of aryl methyl sites for hydroxylation is 2. The molecule has 1 unspecified atom stereocenters. The van der Waals surface area contributed by atoms with E-state index in [0.717, 1.165) is 45.7 Å². The fourth-order valence-electron chi connectivity index (χ4n) is 5.40. The highest BCUT2D eigenvalue weighted by Gasteiger charge is 2.46. The maximum atomic E-state index is 13.2. The van der Waals surface area contributed by atoms with Crippen molar-refractivity contribution in [3.05, 3.63) is 40.4 Å². The molecule has 10 nitrogen and oxygen atoms in total. The van der Waals surface area contributed by atoms with Crippen LogP contribution in [0.15, 0.2) is 24.3 Å². The number of fused-ring (bicyclic) bond motifs is 1. The van der Waals surface area contributed by atoms with E-state index in [2.05, 4.69) is 17.9 Å². The predicted molar refractivity (Wildman–Crippen MR) is 160 cm³/mol. The van der Waals surface area contributed by atoms with Gasteiger partial charge in [-0.25, -0.2) is 18.7 Å². The number of alkyl halides is 2. The number of likely N-dealkylation sites (N-methyl/N-ethyl adjacent to an activating group) is 1. The Morgan fingerprint density at radius 2 is 1.93 bits per heavy atom. The number of likely N-dealkylation sites (tertiary alicyclic amines) is 1. The zero-order valence-corrected chi connectivity index (χ0v) is 25.5. The van der Waals surface area contributed by atoms with Crippen molar-refractivity contribution in [1.29, 1.82) is 5.26 Å². The van der Waals surface area contributed by atoms with E-state index in [0.29, 0.717) is 28.7 Å². The summed E-state index contributed by atoms with van der Waals surface area (Å²) in [6.07, 6.45) is 1.55. The molecule has 14 heteroatoms. The van der Waals surface area contributed by atoms with Crippen LogP contribution in [0.3, 0.4) is 0 Å². The Morgan fingerprint density at radius 3 is 2.60 bits per heavy atom. The molecule has 0 saturated carbocycles. The first-order valence-electron chi connectivity index (χ1n) is 13.8. The number of nitrogens with zero attached hydrogens (tertiary/aromatic N) is 9. The summed E-state index contributed by atoms with van der Waals surface area (Å²) in [7, 11) is 3.79. The number of amides is 1. The normalized spacial score (nSPS) is 18.1. The second-order valence-electron chi connectivity index (χ2n) is 10.9. The largest absolute Gasteiger partial charge is 0.345 e. The Morgan fingerprint density at radius 1 is 1.19 bits per heavy atom. The van der Waals surface area contributed by atoms with Crippen LogP contribution in [0.4, 0.5) is 24.9 Å². The number of imidazole rings is 1. The van der Waals surface area contributed by atoms with Gasteiger partial charge >= 0.3 is 0 Å². The fraction of sp³-hybridized carbons (Fsp3) is 0.464. The van der Waals surface area contributed by atoms with Crippen LogP contribution in [0, 0.1) is 18.3 Å². The second-order valence-corrected chi connectivity index (χ2v) is 12.8. The minimum Gasteiger partial charge on any atom is -0.345 e. The third-order valence-electron chi connectivity index (χ3n) is 7.86. The summed E-state index contributed by atoms with van der Waals surface area (Å²) in [4.78, 5) is 30.8. The average Bonchev–Trinajstić information content (AvgIpc) is 3.73. The zero-order chi connectivity index (χ0) is 29.8. The van der Waals surface area contributed by atoms with E-state index >= 15 is 0 Å². The highest BCUT2D eigenvalue weighted by molar-refractivity contribution is 7.20. The van der Waals surface area contributed by atoms with E-state index in [1.165, 1.54) is 27.6 Å². The summed E-state index contributed by atoms with van der Waals surface area (Å²) in [5, 5.41) is 16.3. The number of hydrogen-bond donors (Lipinski definition) is 0. The molecule has 2 aliphatic heterocycles. The van der Waals surface area contributed by atoms with Crippen molar-refractivity contribution in [2.24, 2.45) is 0 Å². The van der Waals surface area contributed by atoms with Crippen molar-refractivity contribution >= 4 is 49.6 Å². The number of rotatable bonds is 8. The van der Waals surface area contributed by atoms with Crippen LogP contribution in [-0.2, 0) is 11.2 Å². The smallest absolute Gasteiger partial charge is 0.282 e. The number of thiazole rings is 1. The van der Waals surface area contributed by atoms with Gasteiger partial charge in [-0.2, -0.15) is 9.78 Å². The topological polar surface area (TPSA) is 96.9 Å². The molecule has 0 N–H and O–H groups in total. The van der Waals surface area contributed by atoms with Crippen LogP contribution in [0.25, 0.3) is 16.2 Å². The first-order valence-corrected chi connectivity index (χ1v) is 15.4. The summed E-state index contributed by atoms with van der Waals surface area (Å²) >= 11 is 2.85. The zero-order valence-electron chi connectivity index (χ0n) is 23.8. The lowest BCUT2D eigenvalue weighted by atomic mass is 10.1. The first-order chi connectivity index (χ1) is 20.1. The van der Waals surface area contributed by atoms with Crippen molar-refractivity contribution in [3.63, 3.8) is 0 Å². The van der Waals surface area contributed by atoms with Crippen LogP contribution in [0.2, 0.25) is 0 Å². The Labute approximate surface area is 250 Å². The lowest BCUT2D eigenvalue weighted by Crippen LogP contribution is -2.60. The summed E-state index contributed by atoms with van der Waals surface area (Å²) in [5.41, 5.74) is 3.59. The molecule has 4 aromatic rings. The Kier molecular flexibility index (Phi) is 7.36. The van der Waals surface area contributed by atoms with Crippen molar-refractivity contribution in [1.82, 2.24) is 29.4 Å². The van der Waals surface area contributed by atoms with Crippen LogP contribution in [0.5, 0.6) is 0 Å². The fourth-order valence-corrected chi connectivity index (χ4v) is 7.20. The van der Waals surface area contributed by atoms with Gasteiger partial charge in [0, 0.05) is 31.7 Å². The minimum absolute atomic E-state index is 0.111. The van der Waals surface area contributed by atoms with E-state index in [9.17, 15) is 18.8 Å². The van der Waals surface area contributed by atoms with Gasteiger partial charge in [0.1, 0.15) is 16.6 Å². The van der Waals surface area contributed by atoms with Gasteiger partial charge in [-0.3, -0.25) is 9.69 Å². The lowest BCUT2D eigenvalue weighted by Gasteiger charge is -2.39. The minimum atomic E-state index is -2.76. The van der Waals surface area contributed by atoms with E-state index in [1.54, 1.807) is 0 Å². The molecule has 2 fully saturated rings. The quantitative estimate of drug-likeness (QED) is 0.289. The predicted octanol–water partition coefficient (Wildman–Crippen LogP) is 4.41. The third-order valence-corrected chi connectivity index (χ3v) is 9.87. The highest BCUT2D eigenvalue weighted by atomic mass is 32.1. The number of carbonyl (C=O) groups is 1. The molecule has 0 bridgehead atoms. The van der Waals surface area contributed by atoms with Gasteiger partial charge in [0.15, 0.2) is 10.9 Å². The van der Waals surface area contributed by atoms with Gasteiger partial charge in [-0.05, 0) is 26.8 Å². The molecule has 5 heterocycles. The Bertz CT molecular complexity index is 1660. The number of nitriles is 1. The second kappa shape index (κ2) is 10.9. The Hall–Kier alpha value is -3.67. The maximum absolute atomic E-state index is 13.2. The molecular weight excluding hydrogens is 581 g/mol. The van der Waals surface area contributed by atoms with Crippen molar-refractivity contribution in [2.45, 2.75) is 38.7 Å². The SMILES string of the molecule is CCc1nc2sc(N3CCC(N(C)CC(=O)N4CC(F)(F)C4)C3)nn2c1N(C)c1nc(-c2ccc(C)cc2)c(C#N)s1. The Balaban J connectivity index is 1.21. The van der Waals surface area contributed by atoms with Gasteiger partial charge in [0.2, 0.25) is 16.0 Å². The van der Waals surface area contributed by atoms with Crippen molar-refractivity contribution < 1.29 is 13.6 Å². The van der Waals surface area contributed by atoms with E-state index in [1.807, 2.05) is 59.6 Å². The van der Waals surface area contributed by atoms with Crippen molar-refractivity contribution in [2.75, 3.05) is 56.6 Å². The van der Waals surface area contributed by atoms with Gasteiger partial charge in [-0.15, -0.1) is 5.10 Å². The summed E-state index contributed by atoms with van der Waals surface area (Å²) in [5.74, 6) is -2.21. The van der Waals surface area contributed by atoms with Crippen molar-refractivity contribution in [3.8, 4) is 17.3 Å². The molecule has 220 valence electrons.